The molecular weight excluding hydrogens is 412 g/mol. The lowest BCUT2D eigenvalue weighted by molar-refractivity contribution is 0.475. The monoisotopic (exact) mass is 434 g/mol. The minimum Gasteiger partial charge on any atom is -0.508 e. The van der Waals surface area contributed by atoms with Crippen molar-refractivity contribution in [3.05, 3.63) is 72.3 Å². The maximum absolute atomic E-state index is 12.7. The molecule has 0 spiro atoms. The first-order valence-corrected chi connectivity index (χ1v) is 11.1. The van der Waals surface area contributed by atoms with Gasteiger partial charge in [0.2, 0.25) is 10.0 Å². The number of aryl methyl sites for hydroxylation is 1. The Morgan fingerprint density at radius 1 is 0.903 bits per heavy atom. The van der Waals surface area contributed by atoms with Crippen molar-refractivity contribution in [1.29, 1.82) is 0 Å². The summed E-state index contributed by atoms with van der Waals surface area (Å²) in [5, 5.41) is 23.2. The lowest BCUT2D eigenvalue weighted by Gasteiger charge is -2.15. The first-order chi connectivity index (χ1) is 14.8. The van der Waals surface area contributed by atoms with Crippen LogP contribution in [-0.2, 0) is 10.0 Å². The number of aromatic hydroxyl groups is 1. The number of nitrogens with zero attached hydrogens (tertiary/aromatic N) is 3. The van der Waals surface area contributed by atoms with Gasteiger partial charge in [0.15, 0.2) is 5.82 Å². The Bertz CT molecular complexity index is 1370. The smallest absolute Gasteiger partial charge is 0.242 e. The normalized spacial score (nSPS) is 11.7. The molecule has 4 rings (SSSR count). The first-order valence-electron chi connectivity index (χ1n) is 9.62. The summed E-state index contributed by atoms with van der Waals surface area (Å²) < 4.78 is 26.7. The Morgan fingerprint density at radius 3 is 2.26 bits per heavy atom. The maximum Gasteiger partial charge on any atom is 0.242 e. The predicted molar refractivity (Wildman–Crippen MR) is 122 cm³/mol. The summed E-state index contributed by atoms with van der Waals surface area (Å²) in [5.41, 5.74) is 2.70. The predicted octanol–water partition coefficient (Wildman–Crippen LogP) is 4.30. The van der Waals surface area contributed by atoms with Crippen LogP contribution in [0.5, 0.6) is 5.75 Å². The van der Waals surface area contributed by atoms with Gasteiger partial charge in [-0.05, 0) is 42.8 Å². The van der Waals surface area contributed by atoms with E-state index in [9.17, 15) is 13.5 Å². The lowest BCUT2D eigenvalue weighted by Crippen LogP contribution is -2.23. The van der Waals surface area contributed by atoms with Crippen LogP contribution < -0.4 is 5.32 Å². The fourth-order valence-electron chi connectivity index (χ4n) is 3.31. The molecule has 0 aliphatic rings. The van der Waals surface area contributed by atoms with E-state index in [0.717, 1.165) is 16.5 Å². The average molecular weight is 435 g/mol. The van der Waals surface area contributed by atoms with Gasteiger partial charge in [-0.2, -0.15) is 0 Å². The highest BCUT2D eigenvalue weighted by Crippen LogP contribution is 2.33. The van der Waals surface area contributed by atoms with Crippen molar-refractivity contribution >= 4 is 32.3 Å². The number of hydrogen-bond donors (Lipinski definition) is 2. The topological polar surface area (TPSA) is 95.4 Å². The van der Waals surface area contributed by atoms with E-state index in [4.69, 9.17) is 0 Å². The number of anilines is 2. The van der Waals surface area contributed by atoms with Crippen molar-refractivity contribution in [3.63, 3.8) is 0 Å². The van der Waals surface area contributed by atoms with Crippen molar-refractivity contribution < 1.29 is 13.5 Å². The maximum atomic E-state index is 12.7. The molecule has 31 heavy (non-hydrogen) atoms. The van der Waals surface area contributed by atoms with E-state index in [1.807, 2.05) is 30.3 Å². The van der Waals surface area contributed by atoms with Gasteiger partial charge in [0.05, 0.1) is 4.90 Å². The van der Waals surface area contributed by atoms with Crippen LogP contribution in [0.2, 0.25) is 0 Å². The standard InChI is InChI=1S/C23H22N4O3S/c1-15-8-9-16(14-21(15)31(29,30)27(2)3)22-19-6-4-5-7-20(19)23(26-25-22)24-17-10-12-18(28)13-11-17/h4-14,28H,1-3H3,(H,24,26). The van der Waals surface area contributed by atoms with E-state index in [0.29, 0.717) is 22.6 Å². The van der Waals surface area contributed by atoms with Crippen LogP contribution in [0.15, 0.2) is 71.6 Å². The Kier molecular flexibility index (Phi) is 5.34. The van der Waals surface area contributed by atoms with E-state index in [-0.39, 0.29) is 10.6 Å². The van der Waals surface area contributed by atoms with E-state index in [1.54, 1.807) is 43.3 Å². The van der Waals surface area contributed by atoms with Crippen molar-refractivity contribution in [1.82, 2.24) is 14.5 Å². The zero-order valence-corrected chi connectivity index (χ0v) is 18.2. The number of fused-ring (bicyclic) bond motifs is 1. The number of hydrogen-bond acceptors (Lipinski definition) is 6. The summed E-state index contributed by atoms with van der Waals surface area (Å²) in [6.45, 7) is 1.77. The molecule has 0 bridgehead atoms. The molecule has 1 aromatic heterocycles. The molecule has 0 aliphatic carbocycles. The van der Waals surface area contributed by atoms with Gasteiger partial charge in [-0.25, -0.2) is 12.7 Å². The molecule has 158 valence electrons. The van der Waals surface area contributed by atoms with Gasteiger partial charge in [0.1, 0.15) is 11.4 Å². The number of phenols is 1. The fraction of sp³-hybridized carbons (Fsp3) is 0.130. The Morgan fingerprint density at radius 2 is 1.58 bits per heavy atom. The third kappa shape index (κ3) is 3.95. The molecule has 0 unspecified atom stereocenters. The Hall–Kier alpha value is -3.49. The van der Waals surface area contributed by atoms with Gasteiger partial charge in [-0.3, -0.25) is 0 Å². The van der Waals surface area contributed by atoms with Crippen LogP contribution in [-0.4, -0.2) is 42.1 Å². The highest BCUT2D eigenvalue weighted by molar-refractivity contribution is 7.89. The molecule has 2 N–H and O–H groups in total. The van der Waals surface area contributed by atoms with Gasteiger partial charge in [-0.1, -0.05) is 36.4 Å². The summed E-state index contributed by atoms with van der Waals surface area (Å²) >= 11 is 0. The molecule has 1 heterocycles. The molecule has 0 radical (unpaired) electrons. The zero-order chi connectivity index (χ0) is 22.2. The summed E-state index contributed by atoms with van der Waals surface area (Å²) in [6, 6.07) is 19.6. The van der Waals surface area contributed by atoms with E-state index < -0.39 is 10.0 Å². The molecule has 0 saturated heterocycles. The third-order valence-electron chi connectivity index (χ3n) is 5.04. The number of aromatic nitrogens is 2. The van der Waals surface area contributed by atoms with Crippen LogP contribution in [0.4, 0.5) is 11.5 Å². The Balaban J connectivity index is 1.84. The molecule has 3 aromatic carbocycles. The SMILES string of the molecule is Cc1ccc(-c2nnc(Nc3ccc(O)cc3)c3ccccc23)cc1S(=O)(=O)N(C)C. The minimum absolute atomic E-state index is 0.180. The van der Waals surface area contributed by atoms with Crippen LogP contribution in [0.25, 0.3) is 22.0 Å². The summed E-state index contributed by atoms with van der Waals surface area (Å²) in [4.78, 5) is 0.243. The lowest BCUT2D eigenvalue weighted by atomic mass is 10.0. The molecule has 0 amide bonds. The summed E-state index contributed by atoms with van der Waals surface area (Å²) in [7, 11) is -0.563. The molecule has 8 heteroatoms. The minimum atomic E-state index is -3.59. The van der Waals surface area contributed by atoms with Gasteiger partial charge >= 0.3 is 0 Å². The molecular formula is C23H22N4O3S. The second-order valence-corrected chi connectivity index (χ2v) is 9.50. The average Bonchev–Trinajstić information content (AvgIpc) is 2.76. The second kappa shape index (κ2) is 7.98. The molecule has 7 nitrogen and oxygen atoms in total. The number of nitrogens with one attached hydrogen (secondary N) is 1. The van der Waals surface area contributed by atoms with Crippen LogP contribution in [0.3, 0.4) is 0 Å². The fourth-order valence-corrected chi connectivity index (χ4v) is 4.46. The van der Waals surface area contributed by atoms with E-state index in [1.165, 1.54) is 18.4 Å². The number of benzene rings is 3. The van der Waals surface area contributed by atoms with Crippen molar-refractivity contribution in [2.45, 2.75) is 11.8 Å². The molecule has 0 saturated carbocycles. The quantitative estimate of drug-likeness (QED) is 0.455. The number of sulfonamides is 1. The van der Waals surface area contributed by atoms with Gasteiger partial charge in [0.25, 0.3) is 0 Å². The summed E-state index contributed by atoms with van der Waals surface area (Å²) in [5.74, 6) is 0.748. The summed E-state index contributed by atoms with van der Waals surface area (Å²) in [6.07, 6.45) is 0. The zero-order valence-electron chi connectivity index (χ0n) is 17.4. The van der Waals surface area contributed by atoms with Crippen molar-refractivity contribution in [3.8, 4) is 17.0 Å². The van der Waals surface area contributed by atoms with Crippen LogP contribution >= 0.6 is 0 Å². The van der Waals surface area contributed by atoms with Gasteiger partial charge < -0.3 is 10.4 Å². The third-order valence-corrected chi connectivity index (χ3v) is 6.99. The van der Waals surface area contributed by atoms with E-state index in [2.05, 4.69) is 15.5 Å². The number of rotatable bonds is 5. The highest BCUT2D eigenvalue weighted by Gasteiger charge is 2.21. The van der Waals surface area contributed by atoms with Gasteiger partial charge in [-0.15, -0.1) is 10.2 Å². The highest BCUT2D eigenvalue weighted by atomic mass is 32.2. The largest absolute Gasteiger partial charge is 0.508 e. The molecule has 0 atom stereocenters. The first kappa shape index (κ1) is 20.8. The van der Waals surface area contributed by atoms with Crippen LogP contribution in [0, 0.1) is 6.92 Å². The van der Waals surface area contributed by atoms with Crippen LogP contribution in [0.1, 0.15) is 5.56 Å². The van der Waals surface area contributed by atoms with Crippen molar-refractivity contribution in [2.24, 2.45) is 0 Å². The second-order valence-electron chi connectivity index (χ2n) is 7.38. The molecule has 0 aliphatic heterocycles. The van der Waals surface area contributed by atoms with Gasteiger partial charge in [0, 0.05) is 36.1 Å². The Labute approximate surface area is 181 Å². The molecule has 0 fully saturated rings. The molecule has 4 aromatic rings. The number of phenolic OH excluding ortho intramolecular Hbond substituents is 1. The van der Waals surface area contributed by atoms with Crippen molar-refractivity contribution in [2.75, 3.05) is 19.4 Å². The van der Waals surface area contributed by atoms with E-state index >= 15 is 0 Å².